The molecule has 0 radical (unpaired) electrons. The predicted molar refractivity (Wildman–Crippen MR) is 56.2 cm³/mol. The molecule has 0 aromatic carbocycles. The van der Waals surface area contributed by atoms with E-state index >= 15 is 0 Å². The van der Waals surface area contributed by atoms with Crippen LogP contribution in [-0.4, -0.2) is 25.0 Å². The van der Waals surface area contributed by atoms with E-state index in [1.807, 2.05) is 0 Å². The lowest BCUT2D eigenvalue weighted by Crippen LogP contribution is -2.02. The van der Waals surface area contributed by atoms with Gasteiger partial charge in [-0.1, -0.05) is 13.8 Å². The Morgan fingerprint density at radius 2 is 2.33 bits per heavy atom. The molecule has 3 N–H and O–H groups in total. The van der Waals surface area contributed by atoms with Crippen molar-refractivity contribution in [2.24, 2.45) is 0 Å². The van der Waals surface area contributed by atoms with Crippen LogP contribution in [0.2, 0.25) is 0 Å². The van der Waals surface area contributed by atoms with Gasteiger partial charge in [-0.2, -0.15) is 10.2 Å². The van der Waals surface area contributed by atoms with E-state index in [1.54, 1.807) is 17.1 Å². The summed E-state index contributed by atoms with van der Waals surface area (Å²) in [5.74, 6) is 1.95. The number of rotatable bonds is 3. The highest BCUT2D eigenvalue weighted by Crippen LogP contribution is 2.08. The normalized spacial score (nSPS) is 11.1. The standard InChI is InChI=1S/C9H14N6/c1-6(2)9-12-8(13-14-9)5-15-4-7(10)3-11-15/h3-4,6H,5,10H2,1-2H3,(H,12,13,14). The third kappa shape index (κ3) is 2.15. The summed E-state index contributed by atoms with van der Waals surface area (Å²) in [6, 6.07) is 0. The van der Waals surface area contributed by atoms with Gasteiger partial charge in [0.25, 0.3) is 0 Å². The number of anilines is 1. The van der Waals surface area contributed by atoms with Crippen molar-refractivity contribution in [3.63, 3.8) is 0 Å². The van der Waals surface area contributed by atoms with E-state index in [0.29, 0.717) is 18.2 Å². The van der Waals surface area contributed by atoms with Crippen molar-refractivity contribution in [2.75, 3.05) is 5.73 Å². The van der Waals surface area contributed by atoms with Gasteiger partial charge in [-0.3, -0.25) is 9.78 Å². The SMILES string of the molecule is CC(C)c1n[nH]c(Cn2cc(N)cn2)n1. The van der Waals surface area contributed by atoms with E-state index in [1.165, 1.54) is 0 Å². The van der Waals surface area contributed by atoms with Gasteiger partial charge in [-0.25, -0.2) is 4.98 Å². The van der Waals surface area contributed by atoms with E-state index < -0.39 is 0 Å². The number of nitrogens with zero attached hydrogens (tertiary/aromatic N) is 4. The van der Waals surface area contributed by atoms with Crippen LogP contribution in [0.4, 0.5) is 5.69 Å². The molecule has 0 atom stereocenters. The molecule has 0 aliphatic heterocycles. The molecular weight excluding hydrogens is 192 g/mol. The Morgan fingerprint density at radius 1 is 1.53 bits per heavy atom. The van der Waals surface area contributed by atoms with E-state index in [2.05, 4.69) is 34.1 Å². The maximum Gasteiger partial charge on any atom is 0.153 e. The molecule has 15 heavy (non-hydrogen) atoms. The number of hydrogen-bond acceptors (Lipinski definition) is 4. The number of aromatic amines is 1. The Morgan fingerprint density at radius 3 is 2.87 bits per heavy atom. The minimum atomic E-state index is 0.331. The molecule has 80 valence electrons. The summed E-state index contributed by atoms with van der Waals surface area (Å²) in [4.78, 5) is 4.35. The Kier molecular flexibility index (Phi) is 2.40. The minimum Gasteiger partial charge on any atom is -0.396 e. The first-order chi connectivity index (χ1) is 7.15. The summed E-state index contributed by atoms with van der Waals surface area (Å²) in [7, 11) is 0. The molecule has 0 aliphatic carbocycles. The highest BCUT2D eigenvalue weighted by atomic mass is 15.3. The monoisotopic (exact) mass is 206 g/mol. The molecule has 2 aromatic rings. The van der Waals surface area contributed by atoms with E-state index in [-0.39, 0.29) is 0 Å². The Balaban J connectivity index is 2.11. The van der Waals surface area contributed by atoms with Crippen LogP contribution in [0.5, 0.6) is 0 Å². The summed E-state index contributed by atoms with van der Waals surface area (Å²) >= 11 is 0. The second-order valence-electron chi connectivity index (χ2n) is 3.77. The van der Waals surface area contributed by atoms with Gasteiger partial charge in [0, 0.05) is 12.1 Å². The highest BCUT2D eigenvalue weighted by molar-refractivity contribution is 5.30. The molecule has 0 fully saturated rings. The van der Waals surface area contributed by atoms with E-state index in [4.69, 9.17) is 5.73 Å². The van der Waals surface area contributed by atoms with Crippen molar-refractivity contribution in [1.82, 2.24) is 25.0 Å². The van der Waals surface area contributed by atoms with Gasteiger partial charge in [0.2, 0.25) is 0 Å². The summed E-state index contributed by atoms with van der Waals surface area (Å²) in [6.45, 7) is 4.68. The summed E-state index contributed by atoms with van der Waals surface area (Å²) < 4.78 is 1.72. The number of nitrogens with one attached hydrogen (secondary N) is 1. The zero-order valence-electron chi connectivity index (χ0n) is 8.81. The van der Waals surface area contributed by atoms with Crippen LogP contribution < -0.4 is 5.73 Å². The summed E-state index contributed by atoms with van der Waals surface area (Å²) in [5, 5.41) is 11.1. The average molecular weight is 206 g/mol. The smallest absolute Gasteiger partial charge is 0.153 e. The van der Waals surface area contributed by atoms with Crippen LogP contribution in [0.25, 0.3) is 0 Å². The lowest BCUT2D eigenvalue weighted by Gasteiger charge is -1.96. The number of nitrogens with two attached hydrogens (primary N) is 1. The zero-order valence-corrected chi connectivity index (χ0v) is 8.81. The molecule has 0 unspecified atom stereocenters. The first-order valence-electron chi connectivity index (χ1n) is 4.84. The van der Waals surface area contributed by atoms with Gasteiger partial charge in [-0.15, -0.1) is 0 Å². The third-order valence-electron chi connectivity index (χ3n) is 2.03. The zero-order chi connectivity index (χ0) is 10.8. The Labute approximate surface area is 87.5 Å². The molecule has 6 heteroatoms. The molecule has 0 saturated carbocycles. The largest absolute Gasteiger partial charge is 0.396 e. The van der Waals surface area contributed by atoms with Gasteiger partial charge in [0.1, 0.15) is 12.4 Å². The maximum atomic E-state index is 5.56. The number of H-pyrrole nitrogens is 1. The number of nitrogen functional groups attached to an aromatic ring is 1. The maximum absolute atomic E-state index is 5.56. The molecule has 0 bridgehead atoms. The van der Waals surface area contributed by atoms with Crippen LogP contribution >= 0.6 is 0 Å². The lowest BCUT2D eigenvalue weighted by molar-refractivity contribution is 0.657. The van der Waals surface area contributed by atoms with Gasteiger partial charge < -0.3 is 5.73 Å². The van der Waals surface area contributed by atoms with Crippen LogP contribution in [0.1, 0.15) is 31.4 Å². The third-order valence-corrected chi connectivity index (χ3v) is 2.03. The Bertz CT molecular complexity index is 441. The van der Waals surface area contributed by atoms with Gasteiger partial charge in [0.05, 0.1) is 11.9 Å². The quantitative estimate of drug-likeness (QED) is 0.776. The predicted octanol–water partition coefficient (Wildman–Crippen LogP) is 0.755. The van der Waals surface area contributed by atoms with Crippen LogP contribution in [-0.2, 0) is 6.54 Å². The fraction of sp³-hybridized carbons (Fsp3) is 0.444. The first kappa shape index (κ1) is 9.70. The van der Waals surface area contributed by atoms with Crippen LogP contribution in [0.3, 0.4) is 0 Å². The van der Waals surface area contributed by atoms with Crippen molar-refractivity contribution in [2.45, 2.75) is 26.3 Å². The molecule has 2 rings (SSSR count). The minimum absolute atomic E-state index is 0.331. The highest BCUT2D eigenvalue weighted by Gasteiger charge is 2.07. The lowest BCUT2D eigenvalue weighted by atomic mass is 10.2. The summed E-state index contributed by atoms with van der Waals surface area (Å²) in [6.07, 6.45) is 3.37. The van der Waals surface area contributed by atoms with Crippen molar-refractivity contribution >= 4 is 5.69 Å². The fourth-order valence-corrected chi connectivity index (χ4v) is 1.26. The van der Waals surface area contributed by atoms with Crippen LogP contribution in [0.15, 0.2) is 12.4 Å². The molecular formula is C9H14N6. The van der Waals surface area contributed by atoms with Gasteiger partial charge in [-0.05, 0) is 0 Å². The molecule has 0 amide bonds. The molecule has 0 aliphatic rings. The van der Waals surface area contributed by atoms with Crippen LogP contribution in [0, 0.1) is 0 Å². The Hall–Kier alpha value is -1.85. The van der Waals surface area contributed by atoms with Crippen molar-refractivity contribution in [3.05, 3.63) is 24.0 Å². The topological polar surface area (TPSA) is 85.4 Å². The van der Waals surface area contributed by atoms with Crippen molar-refractivity contribution < 1.29 is 0 Å². The summed E-state index contributed by atoms with van der Waals surface area (Å²) in [5.41, 5.74) is 6.21. The molecule has 2 heterocycles. The second kappa shape index (κ2) is 3.72. The second-order valence-corrected chi connectivity index (χ2v) is 3.77. The molecule has 6 nitrogen and oxygen atoms in total. The molecule has 2 aromatic heterocycles. The molecule has 0 spiro atoms. The van der Waals surface area contributed by atoms with Gasteiger partial charge >= 0.3 is 0 Å². The van der Waals surface area contributed by atoms with Crippen molar-refractivity contribution in [1.29, 1.82) is 0 Å². The van der Waals surface area contributed by atoms with Gasteiger partial charge in [0.15, 0.2) is 5.82 Å². The van der Waals surface area contributed by atoms with Crippen molar-refractivity contribution in [3.8, 4) is 0 Å². The van der Waals surface area contributed by atoms with E-state index in [9.17, 15) is 0 Å². The first-order valence-corrected chi connectivity index (χ1v) is 4.84. The fourth-order valence-electron chi connectivity index (χ4n) is 1.26. The average Bonchev–Trinajstić information content (AvgIpc) is 2.76. The number of aromatic nitrogens is 5. The number of hydrogen-bond donors (Lipinski definition) is 2. The van der Waals surface area contributed by atoms with E-state index in [0.717, 1.165) is 11.6 Å². The molecule has 0 saturated heterocycles.